The zero-order chi connectivity index (χ0) is 17.1. The molecule has 0 saturated carbocycles. The van der Waals surface area contributed by atoms with Crippen molar-refractivity contribution in [1.29, 1.82) is 0 Å². The molecule has 1 aliphatic rings. The van der Waals surface area contributed by atoms with Crippen molar-refractivity contribution >= 4 is 17.5 Å². The highest BCUT2D eigenvalue weighted by Crippen LogP contribution is 2.27. The zero-order valence-electron chi connectivity index (χ0n) is 13.4. The number of carbonyl (C=O) groups excluding carboxylic acids is 3. The number of hydrogen-bond acceptors (Lipinski definition) is 4. The zero-order valence-corrected chi connectivity index (χ0v) is 13.4. The molecule has 24 heavy (non-hydrogen) atoms. The molecule has 1 amide bonds. The molecule has 122 valence electrons. The summed E-state index contributed by atoms with van der Waals surface area (Å²) in [5.74, 6) is -0.656. The fraction of sp³-hybridized carbons (Fsp3) is 0.211. The lowest BCUT2D eigenvalue weighted by atomic mass is 9.83. The Hall–Kier alpha value is -2.79. The second-order valence-electron chi connectivity index (χ2n) is 5.57. The van der Waals surface area contributed by atoms with E-state index in [9.17, 15) is 14.4 Å². The third kappa shape index (κ3) is 2.86. The van der Waals surface area contributed by atoms with E-state index in [1.807, 2.05) is 6.92 Å². The Morgan fingerprint density at radius 2 is 1.50 bits per heavy atom. The average Bonchev–Trinajstić information content (AvgIpc) is 2.62. The van der Waals surface area contributed by atoms with Crippen molar-refractivity contribution < 1.29 is 14.4 Å². The van der Waals surface area contributed by atoms with Gasteiger partial charge in [0.1, 0.15) is 0 Å². The second kappa shape index (κ2) is 6.76. The molecule has 5 nitrogen and oxygen atoms in total. The fourth-order valence-electron chi connectivity index (χ4n) is 2.78. The molecule has 2 N–H and O–H groups in total. The number of amides is 1. The minimum atomic E-state index is -0.255. The van der Waals surface area contributed by atoms with Crippen molar-refractivity contribution in [2.45, 2.75) is 6.92 Å². The van der Waals surface area contributed by atoms with Crippen LogP contribution in [-0.2, 0) is 0 Å². The molecule has 0 fully saturated rings. The third-order valence-corrected chi connectivity index (χ3v) is 4.02. The van der Waals surface area contributed by atoms with Gasteiger partial charge in [0.2, 0.25) is 0 Å². The molecule has 5 heteroatoms. The van der Waals surface area contributed by atoms with Crippen molar-refractivity contribution in [3.05, 3.63) is 70.3 Å². The SMILES string of the molecule is CCNCCNC(=O)c1ccc2c(c1)C(=O)c1ccccc1C2=O. The first-order chi connectivity index (χ1) is 11.6. The number of hydrogen-bond donors (Lipinski definition) is 2. The van der Waals surface area contributed by atoms with Crippen molar-refractivity contribution in [2.24, 2.45) is 0 Å². The standard InChI is InChI=1S/C19H18N2O3/c1-2-20-9-10-21-19(24)12-7-8-15-16(11-12)18(23)14-6-4-3-5-13(14)17(15)22/h3-8,11,20H,2,9-10H2,1H3,(H,21,24). The Morgan fingerprint density at radius 1 is 0.875 bits per heavy atom. The van der Waals surface area contributed by atoms with Crippen molar-refractivity contribution in [2.75, 3.05) is 19.6 Å². The Kier molecular flexibility index (Phi) is 4.53. The van der Waals surface area contributed by atoms with Crippen LogP contribution in [0.25, 0.3) is 0 Å². The van der Waals surface area contributed by atoms with Crippen LogP contribution >= 0.6 is 0 Å². The molecular weight excluding hydrogens is 304 g/mol. The molecule has 0 aliphatic heterocycles. The summed E-state index contributed by atoms with van der Waals surface area (Å²) in [6.07, 6.45) is 0. The van der Waals surface area contributed by atoms with Gasteiger partial charge in [-0.1, -0.05) is 31.2 Å². The van der Waals surface area contributed by atoms with E-state index in [0.29, 0.717) is 35.3 Å². The van der Waals surface area contributed by atoms with Crippen molar-refractivity contribution in [3.63, 3.8) is 0 Å². The molecular formula is C19H18N2O3. The van der Waals surface area contributed by atoms with Gasteiger partial charge < -0.3 is 10.6 Å². The largest absolute Gasteiger partial charge is 0.351 e. The number of carbonyl (C=O) groups is 3. The van der Waals surface area contributed by atoms with E-state index in [1.165, 1.54) is 6.07 Å². The van der Waals surface area contributed by atoms with Gasteiger partial charge in [0, 0.05) is 40.9 Å². The summed E-state index contributed by atoms with van der Waals surface area (Å²) < 4.78 is 0. The quantitative estimate of drug-likeness (QED) is 0.703. The average molecular weight is 322 g/mol. The summed E-state index contributed by atoms with van der Waals surface area (Å²) in [6, 6.07) is 11.4. The number of likely N-dealkylation sites (N-methyl/N-ethyl adjacent to an activating group) is 1. The van der Waals surface area contributed by atoms with Gasteiger partial charge in [-0.3, -0.25) is 14.4 Å². The Balaban J connectivity index is 1.87. The van der Waals surface area contributed by atoms with E-state index in [-0.39, 0.29) is 23.0 Å². The van der Waals surface area contributed by atoms with Crippen LogP contribution in [0.5, 0.6) is 0 Å². The van der Waals surface area contributed by atoms with E-state index in [4.69, 9.17) is 0 Å². The molecule has 0 saturated heterocycles. The molecule has 0 aromatic heterocycles. The maximum Gasteiger partial charge on any atom is 0.251 e. The van der Waals surface area contributed by atoms with Crippen LogP contribution in [0.2, 0.25) is 0 Å². The summed E-state index contributed by atoms with van der Waals surface area (Å²) in [4.78, 5) is 37.3. The highest BCUT2D eigenvalue weighted by molar-refractivity contribution is 6.28. The molecule has 1 aliphatic carbocycles. The Bertz CT molecular complexity index is 827. The van der Waals surface area contributed by atoms with Crippen LogP contribution in [0.15, 0.2) is 42.5 Å². The monoisotopic (exact) mass is 322 g/mol. The summed E-state index contributed by atoms with van der Waals surface area (Å²) in [6.45, 7) is 4.01. The van der Waals surface area contributed by atoms with Crippen LogP contribution in [-0.4, -0.2) is 37.1 Å². The Labute approximate surface area is 140 Å². The first kappa shape index (κ1) is 16.1. The normalized spacial score (nSPS) is 12.5. The lowest BCUT2D eigenvalue weighted by Gasteiger charge is -2.18. The summed E-state index contributed by atoms with van der Waals surface area (Å²) in [5.41, 5.74) is 1.82. The van der Waals surface area contributed by atoms with Gasteiger partial charge in [-0.2, -0.15) is 0 Å². The van der Waals surface area contributed by atoms with Gasteiger partial charge in [-0.15, -0.1) is 0 Å². The maximum atomic E-state index is 12.6. The van der Waals surface area contributed by atoms with Crippen LogP contribution in [0.4, 0.5) is 0 Å². The minimum absolute atomic E-state index is 0.181. The highest BCUT2D eigenvalue weighted by atomic mass is 16.2. The first-order valence-electron chi connectivity index (χ1n) is 7.95. The smallest absolute Gasteiger partial charge is 0.251 e. The highest BCUT2D eigenvalue weighted by Gasteiger charge is 2.29. The molecule has 2 aromatic rings. The summed E-state index contributed by atoms with van der Waals surface area (Å²) in [5, 5.41) is 5.90. The molecule has 2 aromatic carbocycles. The number of nitrogens with one attached hydrogen (secondary N) is 2. The number of fused-ring (bicyclic) bond motifs is 2. The van der Waals surface area contributed by atoms with Gasteiger partial charge >= 0.3 is 0 Å². The predicted octanol–water partition coefficient (Wildman–Crippen LogP) is 1.80. The van der Waals surface area contributed by atoms with Gasteiger partial charge in [0.05, 0.1) is 0 Å². The predicted molar refractivity (Wildman–Crippen MR) is 90.6 cm³/mol. The molecule has 0 heterocycles. The van der Waals surface area contributed by atoms with E-state index >= 15 is 0 Å². The topological polar surface area (TPSA) is 75.3 Å². The Morgan fingerprint density at radius 3 is 2.17 bits per heavy atom. The van der Waals surface area contributed by atoms with Crippen molar-refractivity contribution in [1.82, 2.24) is 10.6 Å². The fourth-order valence-corrected chi connectivity index (χ4v) is 2.78. The van der Waals surface area contributed by atoms with Crippen LogP contribution in [0.1, 0.15) is 49.1 Å². The second-order valence-corrected chi connectivity index (χ2v) is 5.57. The van der Waals surface area contributed by atoms with E-state index < -0.39 is 0 Å². The molecule has 0 bridgehead atoms. The molecule has 0 spiro atoms. The van der Waals surface area contributed by atoms with Gasteiger partial charge in [0.15, 0.2) is 11.6 Å². The van der Waals surface area contributed by atoms with Gasteiger partial charge in [0.25, 0.3) is 5.91 Å². The van der Waals surface area contributed by atoms with E-state index in [1.54, 1.807) is 36.4 Å². The summed E-state index contributed by atoms with van der Waals surface area (Å²) >= 11 is 0. The van der Waals surface area contributed by atoms with Crippen LogP contribution in [0.3, 0.4) is 0 Å². The van der Waals surface area contributed by atoms with Crippen molar-refractivity contribution in [3.8, 4) is 0 Å². The lowest BCUT2D eigenvalue weighted by Crippen LogP contribution is -2.32. The third-order valence-electron chi connectivity index (χ3n) is 4.02. The molecule has 0 unspecified atom stereocenters. The molecule has 0 radical (unpaired) electrons. The van der Waals surface area contributed by atoms with Crippen LogP contribution < -0.4 is 10.6 Å². The number of ketones is 2. The minimum Gasteiger partial charge on any atom is -0.351 e. The van der Waals surface area contributed by atoms with E-state index in [0.717, 1.165) is 6.54 Å². The van der Waals surface area contributed by atoms with Crippen LogP contribution in [0, 0.1) is 0 Å². The lowest BCUT2D eigenvalue weighted by molar-refractivity contribution is 0.0951. The maximum absolute atomic E-state index is 12.6. The van der Waals surface area contributed by atoms with Gasteiger partial charge in [-0.05, 0) is 24.7 Å². The molecule has 0 atom stereocenters. The number of rotatable bonds is 5. The van der Waals surface area contributed by atoms with Gasteiger partial charge in [-0.25, -0.2) is 0 Å². The molecule has 3 rings (SSSR count). The van der Waals surface area contributed by atoms with E-state index in [2.05, 4.69) is 10.6 Å². The first-order valence-corrected chi connectivity index (χ1v) is 7.95. The summed E-state index contributed by atoms with van der Waals surface area (Å²) in [7, 11) is 0. The number of benzene rings is 2.